The highest BCUT2D eigenvalue weighted by Crippen LogP contribution is 2.13. The highest BCUT2D eigenvalue weighted by Gasteiger charge is 2.12. The van der Waals surface area contributed by atoms with Crippen LogP contribution in [0.5, 0.6) is 0 Å². The summed E-state index contributed by atoms with van der Waals surface area (Å²) in [7, 11) is 0. The molecule has 1 heterocycles. The topological polar surface area (TPSA) is 58.4 Å². The lowest BCUT2D eigenvalue weighted by molar-refractivity contribution is 0.0949. The summed E-state index contributed by atoms with van der Waals surface area (Å²) in [5.74, 6) is -0.666. The average Bonchev–Trinajstić information content (AvgIpc) is 2.67. The summed E-state index contributed by atoms with van der Waals surface area (Å²) in [4.78, 5) is 14.3. The molecular weight excluding hydrogens is 257 g/mol. The van der Waals surface area contributed by atoms with E-state index in [1.165, 1.54) is 43.9 Å². The first-order chi connectivity index (χ1) is 9.66. The molecule has 3 N–H and O–H groups in total. The van der Waals surface area contributed by atoms with Gasteiger partial charge in [-0.15, -0.1) is 0 Å². The fourth-order valence-electron chi connectivity index (χ4n) is 2.52. The first-order valence-corrected chi connectivity index (χ1v) is 7.22. The second kappa shape index (κ2) is 7.24. The SMILES string of the molecule is Nc1cc(F)ccc1C(=O)NCCN1CCCCCC1. The lowest BCUT2D eigenvalue weighted by Gasteiger charge is -2.19. The zero-order valence-electron chi connectivity index (χ0n) is 11.7. The number of nitrogens with one attached hydrogen (secondary N) is 1. The van der Waals surface area contributed by atoms with Crippen LogP contribution in [0.25, 0.3) is 0 Å². The molecule has 0 aliphatic carbocycles. The van der Waals surface area contributed by atoms with Crippen molar-refractivity contribution in [1.82, 2.24) is 10.2 Å². The summed E-state index contributed by atoms with van der Waals surface area (Å²) in [6, 6.07) is 3.84. The third kappa shape index (κ3) is 4.20. The maximum atomic E-state index is 12.9. The Balaban J connectivity index is 1.79. The Morgan fingerprint density at radius 3 is 2.60 bits per heavy atom. The highest BCUT2D eigenvalue weighted by atomic mass is 19.1. The number of nitrogens with two attached hydrogens (primary N) is 1. The van der Waals surface area contributed by atoms with Crippen LogP contribution in [-0.2, 0) is 0 Å². The van der Waals surface area contributed by atoms with E-state index in [0.717, 1.165) is 19.6 Å². The third-order valence-corrected chi connectivity index (χ3v) is 3.67. The minimum Gasteiger partial charge on any atom is -0.398 e. The molecule has 1 aromatic carbocycles. The fraction of sp³-hybridized carbons (Fsp3) is 0.533. The van der Waals surface area contributed by atoms with Crippen LogP contribution in [0.15, 0.2) is 18.2 Å². The van der Waals surface area contributed by atoms with Gasteiger partial charge in [0.1, 0.15) is 5.82 Å². The Bertz CT molecular complexity index is 456. The molecule has 0 unspecified atom stereocenters. The van der Waals surface area contributed by atoms with Gasteiger partial charge in [-0.2, -0.15) is 0 Å². The molecule has 1 aliphatic rings. The van der Waals surface area contributed by atoms with Crippen molar-refractivity contribution in [3.63, 3.8) is 0 Å². The van der Waals surface area contributed by atoms with Crippen LogP contribution in [0.2, 0.25) is 0 Å². The van der Waals surface area contributed by atoms with Crippen LogP contribution in [0.4, 0.5) is 10.1 Å². The Kier molecular flexibility index (Phi) is 5.35. The van der Waals surface area contributed by atoms with Gasteiger partial charge in [0, 0.05) is 18.8 Å². The lowest BCUT2D eigenvalue weighted by Crippen LogP contribution is -2.35. The van der Waals surface area contributed by atoms with Crippen molar-refractivity contribution in [1.29, 1.82) is 0 Å². The van der Waals surface area contributed by atoms with Gasteiger partial charge >= 0.3 is 0 Å². The molecule has 0 radical (unpaired) electrons. The summed E-state index contributed by atoms with van der Waals surface area (Å²) in [5, 5.41) is 2.84. The molecule has 2 rings (SSSR count). The molecule has 20 heavy (non-hydrogen) atoms. The Morgan fingerprint density at radius 1 is 1.25 bits per heavy atom. The van der Waals surface area contributed by atoms with Crippen molar-refractivity contribution in [2.24, 2.45) is 0 Å². The number of likely N-dealkylation sites (tertiary alicyclic amines) is 1. The van der Waals surface area contributed by atoms with E-state index < -0.39 is 5.82 Å². The zero-order chi connectivity index (χ0) is 14.4. The molecule has 0 bridgehead atoms. The van der Waals surface area contributed by atoms with Crippen LogP contribution in [0, 0.1) is 5.82 Å². The van der Waals surface area contributed by atoms with E-state index in [9.17, 15) is 9.18 Å². The quantitative estimate of drug-likeness (QED) is 0.829. The number of nitrogen functional groups attached to an aromatic ring is 1. The van der Waals surface area contributed by atoms with Crippen LogP contribution >= 0.6 is 0 Å². The molecule has 1 fully saturated rings. The van der Waals surface area contributed by atoms with E-state index in [2.05, 4.69) is 10.2 Å². The van der Waals surface area contributed by atoms with Gasteiger partial charge in [0.15, 0.2) is 0 Å². The molecule has 0 aromatic heterocycles. The molecule has 0 saturated carbocycles. The summed E-state index contributed by atoms with van der Waals surface area (Å²) in [5.41, 5.74) is 6.16. The number of amides is 1. The standard InChI is InChI=1S/C15H22FN3O/c16-12-5-6-13(14(17)11-12)15(20)18-7-10-19-8-3-1-2-4-9-19/h5-6,11H,1-4,7-10,17H2,(H,18,20). The van der Waals surface area contributed by atoms with E-state index in [-0.39, 0.29) is 11.6 Å². The van der Waals surface area contributed by atoms with E-state index in [1.54, 1.807) is 0 Å². The predicted octanol–water partition coefficient (Wildman–Crippen LogP) is 2.01. The molecule has 0 spiro atoms. The van der Waals surface area contributed by atoms with Gasteiger partial charge in [0.25, 0.3) is 5.91 Å². The summed E-state index contributed by atoms with van der Waals surface area (Å²) in [6.07, 6.45) is 5.07. The lowest BCUT2D eigenvalue weighted by atomic mass is 10.1. The second-order valence-corrected chi connectivity index (χ2v) is 5.24. The second-order valence-electron chi connectivity index (χ2n) is 5.24. The van der Waals surface area contributed by atoms with Crippen molar-refractivity contribution in [3.05, 3.63) is 29.6 Å². The average molecular weight is 279 g/mol. The van der Waals surface area contributed by atoms with E-state index in [0.29, 0.717) is 12.1 Å². The van der Waals surface area contributed by atoms with Crippen molar-refractivity contribution < 1.29 is 9.18 Å². The highest BCUT2D eigenvalue weighted by molar-refractivity contribution is 5.99. The molecule has 1 amide bonds. The van der Waals surface area contributed by atoms with Crippen LogP contribution in [0.3, 0.4) is 0 Å². The number of carbonyl (C=O) groups is 1. The molecule has 1 aromatic rings. The summed E-state index contributed by atoms with van der Waals surface area (Å²) < 4.78 is 12.9. The van der Waals surface area contributed by atoms with Gasteiger partial charge in [-0.1, -0.05) is 12.8 Å². The first-order valence-electron chi connectivity index (χ1n) is 7.22. The number of benzene rings is 1. The number of hydrogen-bond donors (Lipinski definition) is 2. The van der Waals surface area contributed by atoms with Crippen molar-refractivity contribution in [2.75, 3.05) is 31.9 Å². The first kappa shape index (κ1) is 14.8. The number of anilines is 1. The van der Waals surface area contributed by atoms with E-state index in [4.69, 9.17) is 5.73 Å². The van der Waals surface area contributed by atoms with Gasteiger partial charge in [-0.25, -0.2) is 4.39 Å². The van der Waals surface area contributed by atoms with Crippen molar-refractivity contribution in [3.8, 4) is 0 Å². The number of carbonyl (C=O) groups excluding carboxylic acids is 1. The van der Waals surface area contributed by atoms with Gasteiger partial charge in [0.2, 0.25) is 0 Å². The van der Waals surface area contributed by atoms with E-state index in [1.807, 2.05) is 0 Å². The fourth-order valence-corrected chi connectivity index (χ4v) is 2.52. The minimum absolute atomic E-state index is 0.178. The van der Waals surface area contributed by atoms with Crippen LogP contribution in [0.1, 0.15) is 36.0 Å². The Morgan fingerprint density at radius 2 is 1.95 bits per heavy atom. The van der Waals surface area contributed by atoms with Gasteiger partial charge in [0.05, 0.1) is 5.56 Å². The largest absolute Gasteiger partial charge is 0.398 e. The zero-order valence-corrected chi connectivity index (χ0v) is 11.7. The predicted molar refractivity (Wildman–Crippen MR) is 78.1 cm³/mol. The maximum Gasteiger partial charge on any atom is 0.253 e. The smallest absolute Gasteiger partial charge is 0.253 e. The minimum atomic E-state index is -0.427. The third-order valence-electron chi connectivity index (χ3n) is 3.67. The Hall–Kier alpha value is -1.62. The summed E-state index contributed by atoms with van der Waals surface area (Å²) >= 11 is 0. The molecule has 4 nitrogen and oxygen atoms in total. The number of hydrogen-bond acceptors (Lipinski definition) is 3. The Labute approximate surface area is 119 Å². The molecule has 110 valence electrons. The monoisotopic (exact) mass is 279 g/mol. The van der Waals surface area contributed by atoms with Crippen molar-refractivity contribution in [2.45, 2.75) is 25.7 Å². The molecular formula is C15H22FN3O. The normalized spacial score (nSPS) is 16.6. The number of halogens is 1. The van der Waals surface area contributed by atoms with Gasteiger partial charge in [-0.05, 0) is 44.1 Å². The summed E-state index contributed by atoms with van der Waals surface area (Å²) in [6.45, 7) is 3.66. The van der Waals surface area contributed by atoms with Crippen LogP contribution < -0.4 is 11.1 Å². The number of rotatable bonds is 4. The molecule has 5 heteroatoms. The molecule has 0 atom stereocenters. The van der Waals surface area contributed by atoms with Crippen molar-refractivity contribution >= 4 is 11.6 Å². The van der Waals surface area contributed by atoms with Gasteiger partial charge < -0.3 is 16.0 Å². The van der Waals surface area contributed by atoms with Crippen LogP contribution in [-0.4, -0.2) is 37.0 Å². The molecule has 1 aliphatic heterocycles. The van der Waals surface area contributed by atoms with Gasteiger partial charge in [-0.3, -0.25) is 4.79 Å². The number of nitrogens with zero attached hydrogens (tertiary/aromatic N) is 1. The maximum absolute atomic E-state index is 12.9. The molecule has 1 saturated heterocycles. The van der Waals surface area contributed by atoms with E-state index >= 15 is 0 Å².